The van der Waals surface area contributed by atoms with Gasteiger partial charge in [-0.25, -0.2) is 13.2 Å². The van der Waals surface area contributed by atoms with Crippen LogP contribution in [0.5, 0.6) is 0 Å². The summed E-state index contributed by atoms with van der Waals surface area (Å²) in [7, 11) is 1.41. The van der Waals surface area contributed by atoms with E-state index in [0.717, 1.165) is 19.0 Å². The molecule has 1 aromatic heterocycles. The Morgan fingerprint density at radius 3 is 2.57 bits per heavy atom. The number of hydrogen-bond acceptors (Lipinski definition) is 4. The number of rotatable bonds is 7. The Balaban J connectivity index is 1.76. The number of halogens is 3. The van der Waals surface area contributed by atoms with Crippen LogP contribution in [0.3, 0.4) is 0 Å². The third-order valence-electron chi connectivity index (χ3n) is 5.97. The van der Waals surface area contributed by atoms with E-state index < -0.39 is 29.4 Å². The second kappa shape index (κ2) is 10.7. The molecule has 35 heavy (non-hydrogen) atoms. The molecule has 0 saturated carbocycles. The molecule has 2 amide bonds. The maximum absolute atomic E-state index is 14.3. The van der Waals surface area contributed by atoms with Gasteiger partial charge in [0.2, 0.25) is 5.91 Å². The van der Waals surface area contributed by atoms with Gasteiger partial charge in [0, 0.05) is 24.9 Å². The van der Waals surface area contributed by atoms with Crippen molar-refractivity contribution in [2.45, 2.75) is 31.3 Å². The van der Waals surface area contributed by atoms with Crippen molar-refractivity contribution in [2.24, 2.45) is 0 Å². The standard InChI is InChI=1S/C26H25F3N4O2/c1-30-25(34)20-13-16(6-7-21(20)29)19-4-2-9-32-24(19)23(33-26(35)22-5-3-8-31-22)12-15-10-17(27)14-18(28)11-15/h2,4,6-7,9-11,13-14,22-23,31H,3,5,8,12H2,1H3,(H,30,34)(H,33,35)/t22-,23-/m0/s1. The van der Waals surface area contributed by atoms with Crippen LogP contribution in [0.25, 0.3) is 11.1 Å². The van der Waals surface area contributed by atoms with E-state index in [4.69, 9.17) is 0 Å². The van der Waals surface area contributed by atoms with Gasteiger partial charge in [-0.2, -0.15) is 0 Å². The first-order valence-electron chi connectivity index (χ1n) is 11.3. The molecule has 3 aromatic rings. The van der Waals surface area contributed by atoms with Crippen LogP contribution in [0.4, 0.5) is 13.2 Å². The minimum atomic E-state index is -0.740. The topological polar surface area (TPSA) is 83.1 Å². The van der Waals surface area contributed by atoms with E-state index in [-0.39, 0.29) is 23.9 Å². The van der Waals surface area contributed by atoms with Gasteiger partial charge in [0.15, 0.2) is 0 Å². The van der Waals surface area contributed by atoms with Gasteiger partial charge in [0.25, 0.3) is 5.91 Å². The van der Waals surface area contributed by atoms with E-state index in [9.17, 15) is 22.8 Å². The van der Waals surface area contributed by atoms with Gasteiger partial charge in [-0.15, -0.1) is 0 Å². The van der Waals surface area contributed by atoms with Crippen LogP contribution in [-0.2, 0) is 11.2 Å². The van der Waals surface area contributed by atoms with Gasteiger partial charge in [-0.1, -0.05) is 12.1 Å². The van der Waals surface area contributed by atoms with E-state index in [1.54, 1.807) is 18.3 Å². The first kappa shape index (κ1) is 24.4. The molecule has 1 aliphatic heterocycles. The molecule has 3 N–H and O–H groups in total. The number of pyridine rings is 1. The minimum absolute atomic E-state index is 0.0701. The number of hydrogen-bond donors (Lipinski definition) is 3. The molecule has 0 unspecified atom stereocenters. The summed E-state index contributed by atoms with van der Waals surface area (Å²) < 4.78 is 42.1. The third-order valence-corrected chi connectivity index (χ3v) is 5.97. The zero-order valence-electron chi connectivity index (χ0n) is 19.1. The molecule has 6 nitrogen and oxygen atoms in total. The second-order valence-corrected chi connectivity index (χ2v) is 8.40. The van der Waals surface area contributed by atoms with Crippen LogP contribution in [0, 0.1) is 17.5 Å². The van der Waals surface area contributed by atoms with Gasteiger partial charge in [0.1, 0.15) is 17.5 Å². The maximum Gasteiger partial charge on any atom is 0.254 e. The number of carbonyl (C=O) groups is 2. The number of nitrogens with one attached hydrogen (secondary N) is 3. The lowest BCUT2D eigenvalue weighted by Gasteiger charge is -2.23. The fraction of sp³-hybridized carbons (Fsp3) is 0.269. The summed E-state index contributed by atoms with van der Waals surface area (Å²) in [4.78, 5) is 29.6. The summed E-state index contributed by atoms with van der Waals surface area (Å²) in [6, 6.07) is 9.62. The number of amides is 2. The van der Waals surface area contributed by atoms with Crippen LogP contribution in [-0.4, -0.2) is 36.4 Å². The van der Waals surface area contributed by atoms with E-state index in [0.29, 0.717) is 28.8 Å². The summed E-state index contributed by atoms with van der Waals surface area (Å²) >= 11 is 0. The average Bonchev–Trinajstić information content (AvgIpc) is 3.38. The number of nitrogens with zero attached hydrogens (tertiary/aromatic N) is 1. The predicted octanol–water partition coefficient (Wildman–Crippen LogP) is 3.68. The van der Waals surface area contributed by atoms with Gasteiger partial charge < -0.3 is 16.0 Å². The monoisotopic (exact) mass is 482 g/mol. The summed E-state index contributed by atoms with van der Waals surface area (Å²) in [5.41, 5.74) is 1.70. The Morgan fingerprint density at radius 1 is 1.11 bits per heavy atom. The third kappa shape index (κ3) is 5.68. The molecule has 2 atom stereocenters. The first-order chi connectivity index (χ1) is 16.9. The van der Waals surface area contributed by atoms with Crippen molar-refractivity contribution < 1.29 is 22.8 Å². The molecule has 2 aromatic carbocycles. The van der Waals surface area contributed by atoms with Crippen molar-refractivity contribution in [3.63, 3.8) is 0 Å². The number of benzene rings is 2. The molecule has 182 valence electrons. The molecule has 1 fully saturated rings. The zero-order chi connectivity index (χ0) is 24.9. The number of aromatic nitrogens is 1. The fourth-order valence-electron chi connectivity index (χ4n) is 4.30. The normalized spacial score (nSPS) is 16.1. The Hall–Kier alpha value is -3.72. The Labute approximate surface area is 201 Å². The SMILES string of the molecule is CNC(=O)c1cc(-c2cccnc2[C@H](Cc2cc(F)cc(F)c2)NC(=O)[C@@H]2CCCN2)ccc1F. The Kier molecular flexibility index (Phi) is 7.45. The molecule has 2 heterocycles. The predicted molar refractivity (Wildman–Crippen MR) is 125 cm³/mol. The van der Waals surface area contributed by atoms with Crippen molar-refractivity contribution in [1.82, 2.24) is 20.9 Å². The zero-order valence-corrected chi connectivity index (χ0v) is 19.1. The highest BCUT2D eigenvalue weighted by atomic mass is 19.1. The van der Waals surface area contributed by atoms with Crippen molar-refractivity contribution in [2.75, 3.05) is 13.6 Å². The van der Waals surface area contributed by atoms with Crippen molar-refractivity contribution in [3.8, 4) is 11.1 Å². The summed E-state index contributed by atoms with van der Waals surface area (Å²) in [6.45, 7) is 0.727. The van der Waals surface area contributed by atoms with E-state index in [1.165, 1.54) is 37.4 Å². The van der Waals surface area contributed by atoms with E-state index in [2.05, 4.69) is 20.9 Å². The molecule has 0 bridgehead atoms. The highest BCUT2D eigenvalue weighted by molar-refractivity contribution is 5.95. The molecule has 0 spiro atoms. The van der Waals surface area contributed by atoms with Crippen LogP contribution in [0.15, 0.2) is 54.7 Å². The molecule has 9 heteroatoms. The van der Waals surface area contributed by atoms with Gasteiger partial charge >= 0.3 is 0 Å². The lowest BCUT2D eigenvalue weighted by Crippen LogP contribution is -2.42. The Morgan fingerprint density at radius 2 is 1.89 bits per heavy atom. The summed E-state index contributed by atoms with van der Waals surface area (Å²) in [5, 5.41) is 8.52. The lowest BCUT2D eigenvalue weighted by atomic mass is 9.94. The van der Waals surface area contributed by atoms with Crippen molar-refractivity contribution in [3.05, 3.63) is 89.0 Å². The quantitative estimate of drug-likeness (QED) is 0.480. The van der Waals surface area contributed by atoms with Crippen LogP contribution < -0.4 is 16.0 Å². The van der Waals surface area contributed by atoms with Crippen molar-refractivity contribution >= 4 is 11.8 Å². The van der Waals surface area contributed by atoms with Crippen LogP contribution >= 0.6 is 0 Å². The van der Waals surface area contributed by atoms with Gasteiger partial charge in [-0.05, 0) is 67.3 Å². The second-order valence-electron chi connectivity index (χ2n) is 8.40. The van der Waals surface area contributed by atoms with Gasteiger partial charge in [0.05, 0.1) is 23.3 Å². The molecule has 0 aliphatic carbocycles. The van der Waals surface area contributed by atoms with E-state index in [1.807, 2.05) is 0 Å². The van der Waals surface area contributed by atoms with Crippen LogP contribution in [0.1, 0.15) is 40.5 Å². The molecule has 1 aliphatic rings. The fourth-order valence-corrected chi connectivity index (χ4v) is 4.30. The highest BCUT2D eigenvalue weighted by Gasteiger charge is 2.27. The Bertz CT molecular complexity index is 1220. The molecule has 0 radical (unpaired) electrons. The average molecular weight is 483 g/mol. The summed E-state index contributed by atoms with van der Waals surface area (Å²) in [6.07, 6.45) is 3.15. The van der Waals surface area contributed by atoms with Crippen LogP contribution in [0.2, 0.25) is 0 Å². The highest BCUT2D eigenvalue weighted by Crippen LogP contribution is 2.30. The van der Waals surface area contributed by atoms with Crippen molar-refractivity contribution in [1.29, 1.82) is 0 Å². The number of carbonyl (C=O) groups excluding carboxylic acids is 2. The minimum Gasteiger partial charge on any atom is -0.355 e. The molecule has 1 saturated heterocycles. The smallest absolute Gasteiger partial charge is 0.254 e. The first-order valence-corrected chi connectivity index (χ1v) is 11.3. The lowest BCUT2D eigenvalue weighted by molar-refractivity contribution is -0.123. The molecular formula is C26H25F3N4O2. The summed E-state index contributed by atoms with van der Waals surface area (Å²) in [5.74, 6) is -2.95. The maximum atomic E-state index is 14.3. The molecular weight excluding hydrogens is 457 g/mol. The van der Waals surface area contributed by atoms with Gasteiger partial charge in [-0.3, -0.25) is 14.6 Å². The van der Waals surface area contributed by atoms with E-state index >= 15 is 0 Å². The molecule has 4 rings (SSSR count). The largest absolute Gasteiger partial charge is 0.355 e.